The van der Waals surface area contributed by atoms with Crippen LogP contribution in [0.1, 0.15) is 30.8 Å². The zero-order valence-corrected chi connectivity index (χ0v) is 13.5. The van der Waals surface area contributed by atoms with E-state index in [0.29, 0.717) is 5.02 Å². The van der Waals surface area contributed by atoms with Crippen LogP contribution in [0.4, 0.5) is 0 Å². The fraction of sp³-hybridized carbons (Fsp3) is 0.308. The Morgan fingerprint density at radius 3 is 3.00 bits per heavy atom. The largest absolute Gasteiger partial charge is 0.333 e. The number of hydrogen-bond acceptors (Lipinski definition) is 3. The maximum Gasteiger partial charge on any atom is 0.131 e. The van der Waals surface area contributed by atoms with E-state index in [1.165, 1.54) is 0 Å². The summed E-state index contributed by atoms with van der Waals surface area (Å²) in [5, 5.41) is 0.698. The summed E-state index contributed by atoms with van der Waals surface area (Å²) in [6.45, 7) is 3.06. The van der Waals surface area contributed by atoms with Crippen LogP contribution in [-0.2, 0) is 6.54 Å². The average Bonchev–Trinajstić information content (AvgIpc) is 2.83. The lowest BCUT2D eigenvalue weighted by Gasteiger charge is -2.19. The third kappa shape index (κ3) is 3.28. The van der Waals surface area contributed by atoms with Gasteiger partial charge in [0.15, 0.2) is 0 Å². The number of hydrazine groups is 1. The van der Waals surface area contributed by atoms with Gasteiger partial charge in [-0.25, -0.2) is 10.4 Å². The molecule has 1 aromatic heterocycles. The van der Waals surface area contributed by atoms with Gasteiger partial charge in [-0.15, -0.1) is 0 Å². The molecule has 0 aliphatic rings. The molecule has 2 aromatic rings. The van der Waals surface area contributed by atoms with Crippen molar-refractivity contribution in [1.82, 2.24) is 15.0 Å². The van der Waals surface area contributed by atoms with E-state index in [1.807, 2.05) is 24.4 Å². The van der Waals surface area contributed by atoms with Gasteiger partial charge in [0.1, 0.15) is 11.9 Å². The Labute approximate surface area is 131 Å². The van der Waals surface area contributed by atoms with Crippen LogP contribution in [-0.4, -0.2) is 9.55 Å². The molecule has 0 bridgehead atoms. The average molecular weight is 391 g/mol. The Bertz CT molecular complexity index is 555. The van der Waals surface area contributed by atoms with E-state index in [1.54, 1.807) is 6.20 Å². The number of hydrogen-bond donors (Lipinski definition) is 2. The molecule has 0 radical (unpaired) electrons. The number of aromatic nitrogens is 2. The molecule has 0 amide bonds. The van der Waals surface area contributed by atoms with Gasteiger partial charge in [-0.05, 0) is 52.8 Å². The summed E-state index contributed by atoms with van der Waals surface area (Å²) in [6, 6.07) is 5.63. The molecule has 19 heavy (non-hydrogen) atoms. The quantitative estimate of drug-likeness (QED) is 0.469. The molecular formula is C13H16ClIN4. The van der Waals surface area contributed by atoms with Crippen LogP contribution in [0, 0.1) is 3.57 Å². The topological polar surface area (TPSA) is 55.9 Å². The third-order valence-electron chi connectivity index (χ3n) is 2.91. The van der Waals surface area contributed by atoms with Crippen molar-refractivity contribution in [3.05, 3.63) is 50.6 Å². The number of nitrogens with two attached hydrogens (primary N) is 1. The predicted octanol–water partition coefficient (Wildman–Crippen LogP) is 3.10. The van der Waals surface area contributed by atoms with Gasteiger partial charge in [0.25, 0.3) is 0 Å². The fourth-order valence-electron chi connectivity index (χ4n) is 2.05. The van der Waals surface area contributed by atoms with Crippen molar-refractivity contribution in [2.75, 3.05) is 0 Å². The monoisotopic (exact) mass is 390 g/mol. The van der Waals surface area contributed by atoms with E-state index in [0.717, 1.165) is 27.9 Å². The van der Waals surface area contributed by atoms with E-state index >= 15 is 0 Å². The van der Waals surface area contributed by atoms with Crippen molar-refractivity contribution in [2.24, 2.45) is 5.84 Å². The summed E-state index contributed by atoms with van der Waals surface area (Å²) in [5.74, 6) is 6.64. The lowest BCUT2D eigenvalue weighted by Crippen LogP contribution is -2.31. The molecule has 102 valence electrons. The molecule has 1 heterocycles. The van der Waals surface area contributed by atoms with Gasteiger partial charge >= 0.3 is 0 Å². The molecule has 0 aliphatic heterocycles. The van der Waals surface area contributed by atoms with Crippen molar-refractivity contribution >= 4 is 34.2 Å². The minimum Gasteiger partial charge on any atom is -0.333 e. The van der Waals surface area contributed by atoms with E-state index < -0.39 is 0 Å². The maximum absolute atomic E-state index is 6.08. The predicted molar refractivity (Wildman–Crippen MR) is 85.9 cm³/mol. The molecule has 1 atom stereocenters. The van der Waals surface area contributed by atoms with Crippen molar-refractivity contribution in [3.8, 4) is 0 Å². The normalized spacial score (nSPS) is 12.6. The first kappa shape index (κ1) is 14.8. The van der Waals surface area contributed by atoms with Crippen LogP contribution < -0.4 is 11.3 Å². The van der Waals surface area contributed by atoms with Crippen molar-refractivity contribution < 1.29 is 0 Å². The minimum atomic E-state index is -0.160. The van der Waals surface area contributed by atoms with Crippen LogP contribution in [0.2, 0.25) is 5.02 Å². The number of nitrogens with zero attached hydrogens (tertiary/aromatic N) is 2. The Kier molecular flexibility index (Phi) is 5.20. The summed E-state index contributed by atoms with van der Waals surface area (Å²) >= 11 is 8.36. The smallest absolute Gasteiger partial charge is 0.131 e. The Balaban J connectivity index is 2.44. The van der Waals surface area contributed by atoms with Gasteiger partial charge in [0, 0.05) is 27.5 Å². The van der Waals surface area contributed by atoms with Crippen LogP contribution >= 0.6 is 34.2 Å². The van der Waals surface area contributed by atoms with E-state index in [4.69, 9.17) is 17.4 Å². The molecule has 6 heteroatoms. The van der Waals surface area contributed by atoms with Gasteiger partial charge in [-0.1, -0.05) is 18.5 Å². The molecule has 1 aromatic carbocycles. The van der Waals surface area contributed by atoms with E-state index in [2.05, 4.69) is 44.5 Å². The minimum absolute atomic E-state index is 0.160. The number of imidazole rings is 1. The van der Waals surface area contributed by atoms with Crippen molar-refractivity contribution in [2.45, 2.75) is 25.9 Å². The molecule has 0 saturated carbocycles. The summed E-state index contributed by atoms with van der Waals surface area (Å²) in [6.07, 6.45) is 4.82. The SMILES string of the molecule is CCCn1ccnc1C(NN)c1cc(Cl)ccc1I. The number of nitrogens with one attached hydrogen (secondary N) is 1. The second-order valence-electron chi connectivity index (χ2n) is 4.24. The molecule has 0 saturated heterocycles. The number of halogens is 2. The lowest BCUT2D eigenvalue weighted by atomic mass is 10.1. The highest BCUT2D eigenvalue weighted by atomic mass is 127. The molecule has 1 unspecified atom stereocenters. The molecule has 4 nitrogen and oxygen atoms in total. The molecule has 0 aliphatic carbocycles. The van der Waals surface area contributed by atoms with Gasteiger partial charge in [-0.3, -0.25) is 5.84 Å². The number of aryl methyl sites for hydroxylation is 1. The van der Waals surface area contributed by atoms with Gasteiger partial charge in [0.2, 0.25) is 0 Å². The molecular weight excluding hydrogens is 375 g/mol. The maximum atomic E-state index is 6.08. The number of rotatable bonds is 5. The van der Waals surface area contributed by atoms with Crippen molar-refractivity contribution in [3.63, 3.8) is 0 Å². The fourth-order valence-corrected chi connectivity index (χ4v) is 2.88. The first-order chi connectivity index (χ1) is 9.17. The summed E-state index contributed by atoms with van der Waals surface area (Å²) in [4.78, 5) is 4.43. The summed E-state index contributed by atoms with van der Waals surface area (Å²) < 4.78 is 3.22. The lowest BCUT2D eigenvalue weighted by molar-refractivity contribution is 0.544. The van der Waals surface area contributed by atoms with Crippen molar-refractivity contribution in [1.29, 1.82) is 0 Å². The van der Waals surface area contributed by atoms with Crippen LogP contribution in [0.25, 0.3) is 0 Å². The second-order valence-corrected chi connectivity index (χ2v) is 5.84. The second kappa shape index (κ2) is 6.69. The van der Waals surface area contributed by atoms with Gasteiger partial charge in [0.05, 0.1) is 0 Å². The van der Waals surface area contributed by atoms with E-state index in [9.17, 15) is 0 Å². The zero-order chi connectivity index (χ0) is 13.8. The summed E-state index contributed by atoms with van der Waals surface area (Å²) in [7, 11) is 0. The van der Waals surface area contributed by atoms with Crippen LogP contribution in [0.3, 0.4) is 0 Å². The van der Waals surface area contributed by atoms with E-state index in [-0.39, 0.29) is 6.04 Å². The van der Waals surface area contributed by atoms with Gasteiger partial charge in [-0.2, -0.15) is 0 Å². The standard InChI is InChI=1S/C13H16ClIN4/c1-2-6-19-7-5-17-13(19)12(18-16)10-8-9(14)3-4-11(10)15/h3-5,7-8,12,18H,2,6,16H2,1H3. The van der Waals surface area contributed by atoms with Crippen LogP contribution in [0.15, 0.2) is 30.6 Å². The summed E-state index contributed by atoms with van der Waals surface area (Å²) in [5.41, 5.74) is 3.88. The highest BCUT2D eigenvalue weighted by molar-refractivity contribution is 14.1. The Morgan fingerprint density at radius 2 is 2.32 bits per heavy atom. The van der Waals surface area contributed by atoms with Gasteiger partial charge < -0.3 is 4.57 Å². The molecule has 2 rings (SSSR count). The third-order valence-corrected chi connectivity index (χ3v) is 4.12. The molecule has 0 spiro atoms. The zero-order valence-electron chi connectivity index (χ0n) is 10.6. The highest BCUT2D eigenvalue weighted by Gasteiger charge is 2.20. The Morgan fingerprint density at radius 1 is 1.53 bits per heavy atom. The molecule has 0 fully saturated rings. The highest BCUT2D eigenvalue weighted by Crippen LogP contribution is 2.27. The van der Waals surface area contributed by atoms with Crippen LogP contribution in [0.5, 0.6) is 0 Å². The number of benzene rings is 1. The first-order valence-corrected chi connectivity index (χ1v) is 7.55. The first-order valence-electron chi connectivity index (χ1n) is 6.09. The molecule has 3 N–H and O–H groups in total. The Hall–Kier alpha value is -0.630.